The fraction of sp³-hybridized carbons (Fsp3) is 0.136. The molecule has 160 valence electrons. The lowest BCUT2D eigenvalue weighted by molar-refractivity contribution is 0.102. The third kappa shape index (κ3) is 4.13. The van der Waals surface area contributed by atoms with Gasteiger partial charge in [-0.15, -0.1) is 0 Å². The predicted octanol–water partition coefficient (Wildman–Crippen LogP) is 5.52. The Morgan fingerprint density at radius 1 is 1.06 bits per heavy atom. The van der Waals surface area contributed by atoms with Crippen LogP contribution < -0.4 is 9.62 Å². The first-order chi connectivity index (χ1) is 14.7. The second-order valence-corrected chi connectivity index (χ2v) is 9.89. The highest BCUT2D eigenvalue weighted by Gasteiger charge is 2.36. The molecule has 1 atom stereocenters. The van der Waals surface area contributed by atoms with Crippen LogP contribution >= 0.6 is 23.2 Å². The van der Waals surface area contributed by atoms with E-state index in [1.165, 1.54) is 22.5 Å². The Kier molecular flexibility index (Phi) is 5.68. The molecule has 1 aliphatic rings. The van der Waals surface area contributed by atoms with Gasteiger partial charge in [0.05, 0.1) is 21.3 Å². The number of hydrogen-bond acceptors (Lipinski definition) is 3. The van der Waals surface area contributed by atoms with Crippen molar-refractivity contribution in [2.24, 2.45) is 0 Å². The van der Waals surface area contributed by atoms with Gasteiger partial charge in [0.15, 0.2) is 0 Å². The molecule has 3 aromatic carbocycles. The SMILES string of the molecule is C[C@H]1Cc2cc(C(=O)Nc3ccc(Cl)cc3Cl)ccc2N1S(=O)(=O)c1ccc(F)cc1. The zero-order valence-corrected chi connectivity index (χ0v) is 18.6. The monoisotopic (exact) mass is 478 g/mol. The van der Waals surface area contributed by atoms with Crippen LogP contribution in [0.2, 0.25) is 10.0 Å². The van der Waals surface area contributed by atoms with Crippen LogP contribution in [0.25, 0.3) is 0 Å². The van der Waals surface area contributed by atoms with Crippen LogP contribution in [0.1, 0.15) is 22.8 Å². The van der Waals surface area contributed by atoms with E-state index in [0.29, 0.717) is 33.4 Å². The number of benzene rings is 3. The van der Waals surface area contributed by atoms with Gasteiger partial charge in [0, 0.05) is 16.6 Å². The summed E-state index contributed by atoms with van der Waals surface area (Å²) >= 11 is 12.0. The van der Waals surface area contributed by atoms with Crippen LogP contribution in [0.5, 0.6) is 0 Å². The summed E-state index contributed by atoms with van der Waals surface area (Å²) in [6.07, 6.45) is 0.443. The second kappa shape index (κ2) is 8.15. The Balaban J connectivity index is 1.63. The number of fused-ring (bicyclic) bond motifs is 1. The van der Waals surface area contributed by atoms with Gasteiger partial charge in [-0.3, -0.25) is 9.10 Å². The lowest BCUT2D eigenvalue weighted by atomic mass is 10.1. The molecular formula is C22H17Cl2FN2O3S. The maximum Gasteiger partial charge on any atom is 0.264 e. The molecule has 1 heterocycles. The molecule has 9 heteroatoms. The van der Waals surface area contributed by atoms with Gasteiger partial charge in [0.2, 0.25) is 0 Å². The first-order valence-electron chi connectivity index (χ1n) is 9.36. The van der Waals surface area contributed by atoms with Crippen LogP contribution in [0, 0.1) is 5.82 Å². The molecule has 0 saturated heterocycles. The van der Waals surface area contributed by atoms with E-state index in [4.69, 9.17) is 23.2 Å². The summed E-state index contributed by atoms with van der Waals surface area (Å²) in [5.41, 5.74) is 2.02. The number of carbonyl (C=O) groups is 1. The first-order valence-corrected chi connectivity index (χ1v) is 11.6. The summed E-state index contributed by atoms with van der Waals surface area (Å²) in [5.74, 6) is -0.884. The molecule has 0 unspecified atom stereocenters. The molecule has 1 amide bonds. The Bertz CT molecular complexity index is 1280. The van der Waals surface area contributed by atoms with Gasteiger partial charge in [-0.2, -0.15) is 0 Å². The number of rotatable bonds is 4. The fourth-order valence-corrected chi connectivity index (χ4v) is 5.76. The van der Waals surface area contributed by atoms with Gasteiger partial charge in [0.25, 0.3) is 15.9 Å². The number of amides is 1. The third-order valence-electron chi connectivity index (χ3n) is 5.04. The normalized spacial score (nSPS) is 15.6. The summed E-state index contributed by atoms with van der Waals surface area (Å²) < 4.78 is 40.8. The van der Waals surface area contributed by atoms with Crippen LogP contribution in [0.4, 0.5) is 15.8 Å². The molecule has 0 bridgehead atoms. The van der Waals surface area contributed by atoms with Crippen molar-refractivity contribution >= 4 is 50.5 Å². The molecule has 31 heavy (non-hydrogen) atoms. The van der Waals surface area contributed by atoms with Gasteiger partial charge >= 0.3 is 0 Å². The molecule has 0 fully saturated rings. The molecule has 0 spiro atoms. The fourth-order valence-electron chi connectivity index (χ4n) is 3.62. The van der Waals surface area contributed by atoms with E-state index in [2.05, 4.69) is 5.32 Å². The van der Waals surface area contributed by atoms with Crippen molar-refractivity contribution in [2.75, 3.05) is 9.62 Å². The molecule has 4 rings (SSSR count). The van der Waals surface area contributed by atoms with Crippen molar-refractivity contribution < 1.29 is 17.6 Å². The highest BCUT2D eigenvalue weighted by molar-refractivity contribution is 7.92. The highest BCUT2D eigenvalue weighted by atomic mass is 35.5. The van der Waals surface area contributed by atoms with Crippen LogP contribution in [0.3, 0.4) is 0 Å². The van der Waals surface area contributed by atoms with Gasteiger partial charge in [-0.1, -0.05) is 23.2 Å². The van der Waals surface area contributed by atoms with Crippen molar-refractivity contribution in [1.29, 1.82) is 0 Å². The van der Waals surface area contributed by atoms with E-state index in [1.54, 1.807) is 37.3 Å². The number of carbonyl (C=O) groups excluding carboxylic acids is 1. The van der Waals surface area contributed by atoms with E-state index in [0.717, 1.165) is 17.7 Å². The zero-order chi connectivity index (χ0) is 22.3. The maximum atomic E-state index is 13.2. The van der Waals surface area contributed by atoms with Gasteiger partial charge < -0.3 is 5.32 Å². The molecule has 0 radical (unpaired) electrons. The van der Waals surface area contributed by atoms with E-state index in [1.807, 2.05) is 0 Å². The molecule has 5 nitrogen and oxygen atoms in total. The van der Waals surface area contributed by atoms with Gasteiger partial charge in [-0.25, -0.2) is 12.8 Å². The number of nitrogens with one attached hydrogen (secondary N) is 1. The molecule has 1 N–H and O–H groups in total. The summed E-state index contributed by atoms with van der Waals surface area (Å²) in [4.78, 5) is 12.7. The van der Waals surface area contributed by atoms with Gasteiger partial charge in [0.1, 0.15) is 5.82 Å². The third-order valence-corrected chi connectivity index (χ3v) is 7.53. The standard InChI is InChI=1S/C22H17Cl2FN2O3S/c1-13-10-15-11-14(22(28)26-20-8-3-16(23)12-19(20)24)2-9-21(15)27(13)31(29,30)18-6-4-17(25)5-7-18/h2-9,11-13H,10H2,1H3,(H,26,28)/t13-/m0/s1. The highest BCUT2D eigenvalue weighted by Crippen LogP contribution is 2.37. The number of halogens is 3. The smallest absolute Gasteiger partial charge is 0.264 e. The van der Waals surface area contributed by atoms with E-state index in [9.17, 15) is 17.6 Å². The maximum absolute atomic E-state index is 13.2. The first kappa shape index (κ1) is 21.6. The topological polar surface area (TPSA) is 66.5 Å². The molecule has 0 saturated carbocycles. The Morgan fingerprint density at radius 2 is 1.77 bits per heavy atom. The summed E-state index contributed by atoms with van der Waals surface area (Å²) in [6, 6.07) is 14.0. The van der Waals surface area contributed by atoms with Gasteiger partial charge in [-0.05, 0) is 79.6 Å². The van der Waals surface area contributed by atoms with Crippen molar-refractivity contribution in [3.8, 4) is 0 Å². The van der Waals surface area contributed by atoms with Crippen molar-refractivity contribution in [2.45, 2.75) is 24.3 Å². The number of sulfonamides is 1. The Hall–Kier alpha value is -2.61. The van der Waals surface area contributed by atoms with E-state index in [-0.39, 0.29) is 16.8 Å². The second-order valence-electron chi connectivity index (χ2n) is 7.23. The van der Waals surface area contributed by atoms with Crippen LogP contribution in [-0.4, -0.2) is 20.4 Å². The van der Waals surface area contributed by atoms with Crippen LogP contribution in [0.15, 0.2) is 65.6 Å². The number of nitrogens with zero attached hydrogens (tertiary/aromatic N) is 1. The molecule has 0 aliphatic carbocycles. The minimum atomic E-state index is -3.87. The Morgan fingerprint density at radius 3 is 2.45 bits per heavy atom. The summed E-state index contributed by atoms with van der Waals surface area (Å²) in [7, 11) is -3.87. The summed E-state index contributed by atoms with van der Waals surface area (Å²) in [6.45, 7) is 1.79. The lowest BCUT2D eigenvalue weighted by Gasteiger charge is -2.24. The van der Waals surface area contributed by atoms with Crippen molar-refractivity contribution in [3.05, 3.63) is 87.7 Å². The molecule has 0 aromatic heterocycles. The predicted molar refractivity (Wildman–Crippen MR) is 120 cm³/mol. The minimum Gasteiger partial charge on any atom is -0.321 e. The molecule has 3 aromatic rings. The molecule has 1 aliphatic heterocycles. The number of anilines is 2. The summed E-state index contributed by atoms with van der Waals surface area (Å²) in [5, 5.41) is 3.50. The largest absolute Gasteiger partial charge is 0.321 e. The van der Waals surface area contributed by atoms with Crippen LogP contribution in [-0.2, 0) is 16.4 Å². The van der Waals surface area contributed by atoms with Crippen molar-refractivity contribution in [1.82, 2.24) is 0 Å². The molecular weight excluding hydrogens is 462 g/mol. The van der Waals surface area contributed by atoms with E-state index < -0.39 is 15.8 Å². The average Bonchev–Trinajstić information content (AvgIpc) is 3.06. The lowest BCUT2D eigenvalue weighted by Crippen LogP contribution is -2.35. The zero-order valence-electron chi connectivity index (χ0n) is 16.3. The minimum absolute atomic E-state index is 0.00722. The van der Waals surface area contributed by atoms with Crippen molar-refractivity contribution in [3.63, 3.8) is 0 Å². The van der Waals surface area contributed by atoms with E-state index >= 15 is 0 Å². The number of hydrogen-bond donors (Lipinski definition) is 1. The average molecular weight is 479 g/mol. The quantitative estimate of drug-likeness (QED) is 0.536. The Labute approximate surface area is 189 Å².